The number of aryl methyl sites for hydroxylation is 1. The largest absolute Gasteiger partial charge is 0.312 e. The Balaban J connectivity index is 2.39. The fourth-order valence-corrected chi connectivity index (χ4v) is 2.39. The minimum atomic E-state index is -0.437. The van der Waals surface area contributed by atoms with Crippen molar-refractivity contribution in [1.29, 1.82) is 0 Å². The summed E-state index contributed by atoms with van der Waals surface area (Å²) in [6.07, 6.45) is 0. The van der Waals surface area contributed by atoms with Gasteiger partial charge in [-0.25, -0.2) is 4.39 Å². The summed E-state index contributed by atoms with van der Waals surface area (Å²) in [4.78, 5) is 10.5. The second-order valence-corrected chi connectivity index (χ2v) is 5.02. The normalized spacial score (nSPS) is 10.7. The van der Waals surface area contributed by atoms with E-state index in [1.165, 1.54) is 12.1 Å². The first-order valence-electron chi connectivity index (χ1n) is 5.52. The Labute approximate surface area is 117 Å². The number of rotatable bonds is 3. The SMILES string of the molecule is Cc1nn(Cc2ccc(F)cc2Br)c(C)c1[N+](=O)[O-]. The van der Waals surface area contributed by atoms with E-state index in [9.17, 15) is 14.5 Å². The van der Waals surface area contributed by atoms with Crippen LogP contribution in [0.4, 0.5) is 10.1 Å². The summed E-state index contributed by atoms with van der Waals surface area (Å²) in [7, 11) is 0. The van der Waals surface area contributed by atoms with Crippen molar-refractivity contribution in [2.24, 2.45) is 0 Å². The van der Waals surface area contributed by atoms with Gasteiger partial charge in [0, 0.05) is 4.47 Å². The van der Waals surface area contributed by atoms with Crippen LogP contribution in [-0.4, -0.2) is 14.7 Å². The molecule has 1 aromatic heterocycles. The molecule has 1 heterocycles. The van der Waals surface area contributed by atoms with E-state index in [0.717, 1.165) is 5.56 Å². The monoisotopic (exact) mass is 327 g/mol. The van der Waals surface area contributed by atoms with Crippen LogP contribution in [0.1, 0.15) is 17.0 Å². The minimum Gasteiger partial charge on any atom is -0.258 e. The smallest absolute Gasteiger partial charge is 0.258 e. The van der Waals surface area contributed by atoms with Crippen molar-refractivity contribution >= 4 is 21.6 Å². The highest BCUT2D eigenvalue weighted by atomic mass is 79.9. The number of nitro groups is 1. The first-order valence-corrected chi connectivity index (χ1v) is 6.31. The van der Waals surface area contributed by atoms with Gasteiger partial charge in [-0.2, -0.15) is 5.10 Å². The molecule has 1 aromatic carbocycles. The number of hydrogen-bond donors (Lipinski definition) is 0. The van der Waals surface area contributed by atoms with E-state index in [4.69, 9.17) is 0 Å². The van der Waals surface area contributed by atoms with E-state index in [1.54, 1.807) is 24.6 Å². The maximum atomic E-state index is 13.0. The molecule has 0 aliphatic heterocycles. The molecule has 0 saturated carbocycles. The Morgan fingerprint density at radius 3 is 2.68 bits per heavy atom. The number of benzene rings is 1. The Morgan fingerprint density at radius 2 is 2.16 bits per heavy atom. The van der Waals surface area contributed by atoms with Gasteiger partial charge < -0.3 is 0 Å². The number of nitrogens with zero attached hydrogens (tertiary/aromatic N) is 3. The molecule has 0 fully saturated rings. The maximum Gasteiger partial charge on any atom is 0.312 e. The van der Waals surface area contributed by atoms with Crippen molar-refractivity contribution in [2.45, 2.75) is 20.4 Å². The quantitative estimate of drug-likeness (QED) is 0.641. The average Bonchev–Trinajstić information content (AvgIpc) is 2.58. The van der Waals surface area contributed by atoms with Crippen LogP contribution in [0.3, 0.4) is 0 Å². The molecule has 100 valence electrons. The highest BCUT2D eigenvalue weighted by Crippen LogP contribution is 2.24. The van der Waals surface area contributed by atoms with Crippen LogP contribution in [0, 0.1) is 29.8 Å². The predicted molar refractivity (Wildman–Crippen MR) is 71.6 cm³/mol. The van der Waals surface area contributed by atoms with Gasteiger partial charge in [0.05, 0.1) is 11.5 Å². The Kier molecular flexibility index (Phi) is 3.66. The second kappa shape index (κ2) is 5.08. The lowest BCUT2D eigenvalue weighted by molar-refractivity contribution is -0.386. The van der Waals surface area contributed by atoms with Gasteiger partial charge in [0.1, 0.15) is 17.2 Å². The number of hydrogen-bond acceptors (Lipinski definition) is 3. The molecule has 0 bridgehead atoms. The van der Waals surface area contributed by atoms with Crippen LogP contribution in [-0.2, 0) is 6.54 Å². The fraction of sp³-hybridized carbons (Fsp3) is 0.250. The predicted octanol–water partition coefficient (Wildman–Crippen LogP) is 3.36. The van der Waals surface area contributed by atoms with Crippen molar-refractivity contribution in [2.75, 3.05) is 0 Å². The fourth-order valence-electron chi connectivity index (χ4n) is 1.92. The zero-order chi connectivity index (χ0) is 14.2. The van der Waals surface area contributed by atoms with Crippen molar-refractivity contribution in [3.63, 3.8) is 0 Å². The minimum absolute atomic E-state index is 0.0261. The molecule has 7 heteroatoms. The summed E-state index contributed by atoms with van der Waals surface area (Å²) in [5.41, 5.74) is 1.69. The van der Waals surface area contributed by atoms with Gasteiger partial charge in [-0.1, -0.05) is 22.0 Å². The van der Waals surface area contributed by atoms with Crippen LogP contribution in [0.15, 0.2) is 22.7 Å². The summed E-state index contributed by atoms with van der Waals surface area (Å²) in [5, 5.41) is 15.1. The summed E-state index contributed by atoms with van der Waals surface area (Å²) < 4.78 is 15.2. The van der Waals surface area contributed by atoms with Crippen LogP contribution in [0.5, 0.6) is 0 Å². The second-order valence-electron chi connectivity index (χ2n) is 4.17. The van der Waals surface area contributed by atoms with Gasteiger partial charge in [0.2, 0.25) is 0 Å². The van der Waals surface area contributed by atoms with E-state index < -0.39 is 4.92 Å². The van der Waals surface area contributed by atoms with Crippen molar-refractivity contribution in [3.05, 3.63) is 55.6 Å². The molecule has 2 aromatic rings. The van der Waals surface area contributed by atoms with Gasteiger partial charge in [-0.05, 0) is 31.5 Å². The summed E-state index contributed by atoms with van der Waals surface area (Å²) in [6.45, 7) is 3.60. The molecule has 0 atom stereocenters. The summed E-state index contributed by atoms with van der Waals surface area (Å²) >= 11 is 3.27. The first kappa shape index (κ1) is 13.7. The zero-order valence-corrected chi connectivity index (χ0v) is 11.9. The van der Waals surface area contributed by atoms with E-state index in [0.29, 0.717) is 22.4 Å². The third kappa shape index (κ3) is 2.65. The molecule has 0 aliphatic rings. The van der Waals surface area contributed by atoms with Gasteiger partial charge in [-0.15, -0.1) is 0 Å². The van der Waals surface area contributed by atoms with Crippen LogP contribution in [0.2, 0.25) is 0 Å². The molecule has 0 unspecified atom stereocenters. The first-order chi connectivity index (χ1) is 8.90. The molecule has 0 radical (unpaired) electrons. The molecule has 19 heavy (non-hydrogen) atoms. The highest BCUT2D eigenvalue weighted by Gasteiger charge is 2.21. The molecule has 0 aliphatic carbocycles. The molecular weight excluding hydrogens is 317 g/mol. The van der Waals surface area contributed by atoms with Gasteiger partial charge in [0.25, 0.3) is 0 Å². The van der Waals surface area contributed by atoms with Crippen molar-refractivity contribution in [3.8, 4) is 0 Å². The third-order valence-electron chi connectivity index (χ3n) is 2.86. The van der Waals surface area contributed by atoms with Crippen LogP contribution < -0.4 is 0 Å². The summed E-state index contributed by atoms with van der Waals surface area (Å²) in [5.74, 6) is -0.338. The van der Waals surface area contributed by atoms with E-state index in [1.807, 2.05) is 0 Å². The van der Waals surface area contributed by atoms with Crippen molar-refractivity contribution in [1.82, 2.24) is 9.78 Å². The standard InChI is InChI=1S/C12H11BrFN3O2/c1-7-12(17(18)19)8(2)16(15-7)6-9-3-4-10(14)5-11(9)13/h3-5H,6H2,1-2H3. The van der Waals surface area contributed by atoms with Gasteiger partial charge >= 0.3 is 5.69 Å². The highest BCUT2D eigenvalue weighted by molar-refractivity contribution is 9.10. The summed E-state index contributed by atoms with van der Waals surface area (Å²) in [6, 6.07) is 4.33. The maximum absolute atomic E-state index is 13.0. The number of halogens is 2. The zero-order valence-electron chi connectivity index (χ0n) is 10.4. The van der Waals surface area contributed by atoms with Gasteiger partial charge in [0.15, 0.2) is 0 Å². The topological polar surface area (TPSA) is 61.0 Å². The number of aromatic nitrogens is 2. The van der Waals surface area contributed by atoms with E-state index in [-0.39, 0.29) is 11.5 Å². The third-order valence-corrected chi connectivity index (χ3v) is 3.60. The molecule has 0 spiro atoms. The lowest BCUT2D eigenvalue weighted by Gasteiger charge is -2.06. The van der Waals surface area contributed by atoms with E-state index >= 15 is 0 Å². The van der Waals surface area contributed by atoms with Crippen LogP contribution >= 0.6 is 15.9 Å². The molecule has 0 N–H and O–H groups in total. The lowest BCUT2D eigenvalue weighted by atomic mass is 10.2. The van der Waals surface area contributed by atoms with Crippen molar-refractivity contribution < 1.29 is 9.31 Å². The molecule has 2 rings (SSSR count). The average molecular weight is 328 g/mol. The molecule has 0 amide bonds. The Morgan fingerprint density at radius 1 is 1.47 bits per heavy atom. The Bertz CT molecular complexity index is 655. The van der Waals surface area contributed by atoms with E-state index in [2.05, 4.69) is 21.0 Å². The van der Waals surface area contributed by atoms with Gasteiger partial charge in [-0.3, -0.25) is 14.8 Å². The van der Waals surface area contributed by atoms with Crippen LogP contribution in [0.25, 0.3) is 0 Å². The Hall–Kier alpha value is -1.76. The lowest BCUT2D eigenvalue weighted by Crippen LogP contribution is -2.05. The molecule has 5 nitrogen and oxygen atoms in total. The molecule has 0 saturated heterocycles. The molecular formula is C12H11BrFN3O2.